The summed E-state index contributed by atoms with van der Waals surface area (Å²) < 4.78 is 0. The van der Waals surface area contributed by atoms with Crippen molar-refractivity contribution in [2.24, 2.45) is 0 Å². The van der Waals surface area contributed by atoms with Crippen molar-refractivity contribution in [2.45, 2.75) is 19.3 Å². The number of benzene rings is 6. The van der Waals surface area contributed by atoms with Crippen molar-refractivity contribution in [3.05, 3.63) is 114 Å². The molecule has 0 aliphatic carbocycles. The summed E-state index contributed by atoms with van der Waals surface area (Å²) in [7, 11) is 0. The van der Waals surface area contributed by atoms with Gasteiger partial charge in [0.05, 0.1) is 11.6 Å². The summed E-state index contributed by atoms with van der Waals surface area (Å²) in [6, 6.07) is 37.7. The molecule has 1 nitrogen and oxygen atoms in total. The minimum Gasteiger partial charge on any atom is -0.192 e. The maximum Gasteiger partial charge on any atom is 0.242 e. The molecule has 158 valence electrons. The zero-order valence-electron chi connectivity index (χ0n) is 19.3. The van der Waals surface area contributed by atoms with Gasteiger partial charge in [0.2, 0.25) is 6.71 Å². The molecule has 0 saturated heterocycles. The van der Waals surface area contributed by atoms with Crippen LogP contribution in [-0.4, -0.2) is 6.71 Å². The molecule has 7 rings (SSSR count). The van der Waals surface area contributed by atoms with Crippen LogP contribution in [0.3, 0.4) is 0 Å². The fourth-order valence-electron chi connectivity index (χ4n) is 6.41. The second-order valence-electron chi connectivity index (χ2n) is 10.0. The summed E-state index contributed by atoms with van der Waals surface area (Å²) in [6.07, 6.45) is 0. The van der Waals surface area contributed by atoms with Crippen molar-refractivity contribution >= 4 is 55.4 Å². The van der Waals surface area contributed by atoms with Gasteiger partial charge in [-0.25, -0.2) is 0 Å². The first kappa shape index (κ1) is 19.4. The average Bonchev–Trinajstić information content (AvgIpc) is 2.96. The molecule has 34 heavy (non-hydrogen) atoms. The number of hydrogen-bond acceptors (Lipinski definition) is 1. The van der Waals surface area contributed by atoms with E-state index in [1.54, 1.807) is 0 Å². The summed E-state index contributed by atoms with van der Waals surface area (Å²) in [4.78, 5) is 0. The first-order chi connectivity index (χ1) is 16.6. The zero-order chi connectivity index (χ0) is 23.0. The number of fused-ring (bicyclic) bond motifs is 1. The van der Waals surface area contributed by atoms with Gasteiger partial charge < -0.3 is 0 Å². The molecule has 0 unspecified atom stereocenters. The molecule has 0 aromatic heterocycles. The smallest absolute Gasteiger partial charge is 0.192 e. The Kier molecular flexibility index (Phi) is 3.83. The van der Waals surface area contributed by atoms with Gasteiger partial charge in [-0.15, -0.1) is 0 Å². The van der Waals surface area contributed by atoms with Crippen LogP contribution in [0.1, 0.15) is 30.5 Å². The molecule has 0 N–H and O–H groups in total. The monoisotopic (exact) mass is 431 g/mol. The van der Waals surface area contributed by atoms with Crippen LogP contribution >= 0.6 is 0 Å². The SMILES string of the molecule is CC1(C)c2ccccc2B(c2ccccc2)c2ccc3ccc4c(C#N)ccc5cc1c2c3c54. The third-order valence-corrected chi connectivity index (χ3v) is 7.98. The van der Waals surface area contributed by atoms with Gasteiger partial charge in [0, 0.05) is 10.8 Å². The Morgan fingerprint density at radius 2 is 1.38 bits per heavy atom. The summed E-state index contributed by atoms with van der Waals surface area (Å²) >= 11 is 0. The van der Waals surface area contributed by atoms with Crippen LogP contribution in [0.5, 0.6) is 0 Å². The fourth-order valence-corrected chi connectivity index (χ4v) is 6.41. The summed E-state index contributed by atoms with van der Waals surface area (Å²) in [5, 5.41) is 17.2. The largest absolute Gasteiger partial charge is 0.242 e. The van der Waals surface area contributed by atoms with Crippen molar-refractivity contribution in [1.82, 2.24) is 0 Å². The van der Waals surface area contributed by atoms with E-state index >= 15 is 0 Å². The average molecular weight is 431 g/mol. The topological polar surface area (TPSA) is 23.8 Å². The lowest BCUT2D eigenvalue weighted by Gasteiger charge is -2.29. The molecule has 2 heteroatoms. The molecule has 1 aliphatic heterocycles. The van der Waals surface area contributed by atoms with Gasteiger partial charge in [0.15, 0.2) is 0 Å². The molecule has 6 aromatic carbocycles. The molecular formula is C32H22BN. The van der Waals surface area contributed by atoms with Crippen LogP contribution in [0.2, 0.25) is 0 Å². The number of rotatable bonds is 1. The van der Waals surface area contributed by atoms with Crippen LogP contribution in [0, 0.1) is 11.3 Å². The molecule has 0 fully saturated rings. The van der Waals surface area contributed by atoms with Crippen LogP contribution < -0.4 is 16.4 Å². The van der Waals surface area contributed by atoms with Gasteiger partial charge in [-0.3, -0.25) is 0 Å². The zero-order valence-corrected chi connectivity index (χ0v) is 19.3. The van der Waals surface area contributed by atoms with E-state index in [2.05, 4.69) is 111 Å². The quantitative estimate of drug-likeness (QED) is 0.245. The Morgan fingerprint density at radius 3 is 2.21 bits per heavy atom. The number of hydrogen-bond donors (Lipinski definition) is 0. The van der Waals surface area contributed by atoms with Crippen molar-refractivity contribution in [3.8, 4) is 6.07 Å². The highest BCUT2D eigenvalue weighted by Gasteiger charge is 2.38. The molecule has 0 amide bonds. The molecule has 0 bridgehead atoms. The maximum atomic E-state index is 9.82. The lowest BCUT2D eigenvalue weighted by molar-refractivity contribution is 0.653. The van der Waals surface area contributed by atoms with Gasteiger partial charge in [-0.1, -0.05) is 115 Å². The van der Waals surface area contributed by atoms with Gasteiger partial charge in [0.25, 0.3) is 0 Å². The Labute approximate surface area is 199 Å². The van der Waals surface area contributed by atoms with Crippen molar-refractivity contribution < 1.29 is 0 Å². The van der Waals surface area contributed by atoms with E-state index in [9.17, 15) is 5.26 Å². The van der Waals surface area contributed by atoms with E-state index in [1.165, 1.54) is 54.4 Å². The van der Waals surface area contributed by atoms with Crippen LogP contribution in [0.25, 0.3) is 32.3 Å². The lowest BCUT2D eigenvalue weighted by Crippen LogP contribution is -2.53. The lowest BCUT2D eigenvalue weighted by atomic mass is 9.36. The minimum absolute atomic E-state index is 0.151. The van der Waals surface area contributed by atoms with Gasteiger partial charge in [0.1, 0.15) is 0 Å². The molecular weight excluding hydrogens is 409 g/mol. The highest BCUT2D eigenvalue weighted by Crippen LogP contribution is 2.43. The highest BCUT2D eigenvalue weighted by molar-refractivity contribution is 6.97. The second kappa shape index (κ2) is 6.72. The Hall–Kier alpha value is -4.09. The summed E-state index contributed by atoms with van der Waals surface area (Å²) in [6.45, 7) is 4.88. The third-order valence-electron chi connectivity index (χ3n) is 7.98. The summed E-state index contributed by atoms with van der Waals surface area (Å²) in [5.74, 6) is 0. The van der Waals surface area contributed by atoms with Crippen molar-refractivity contribution in [3.63, 3.8) is 0 Å². The molecule has 1 aliphatic rings. The van der Waals surface area contributed by atoms with Crippen molar-refractivity contribution in [2.75, 3.05) is 0 Å². The first-order valence-corrected chi connectivity index (χ1v) is 11.9. The van der Waals surface area contributed by atoms with Crippen LogP contribution in [-0.2, 0) is 5.41 Å². The summed E-state index contributed by atoms with van der Waals surface area (Å²) in [5.41, 5.74) is 7.35. The fraction of sp³-hybridized carbons (Fsp3) is 0.0938. The predicted octanol–water partition coefficient (Wildman–Crippen LogP) is 5.61. The van der Waals surface area contributed by atoms with Gasteiger partial charge in [-0.05, 0) is 50.2 Å². The van der Waals surface area contributed by atoms with E-state index in [0.29, 0.717) is 0 Å². The second-order valence-corrected chi connectivity index (χ2v) is 10.0. The molecule has 0 radical (unpaired) electrons. The Morgan fingerprint density at radius 1 is 0.647 bits per heavy atom. The number of nitrogens with zero attached hydrogens (tertiary/aromatic N) is 1. The molecule has 0 saturated carbocycles. The van der Waals surface area contributed by atoms with E-state index in [4.69, 9.17) is 0 Å². The van der Waals surface area contributed by atoms with Crippen molar-refractivity contribution in [1.29, 1.82) is 5.26 Å². The predicted molar refractivity (Wildman–Crippen MR) is 145 cm³/mol. The van der Waals surface area contributed by atoms with Crippen LogP contribution in [0.4, 0.5) is 0 Å². The molecule has 6 aromatic rings. The van der Waals surface area contributed by atoms with Gasteiger partial charge >= 0.3 is 0 Å². The van der Waals surface area contributed by atoms with Crippen LogP contribution in [0.15, 0.2) is 97.1 Å². The number of nitriles is 1. The molecule has 0 atom stereocenters. The minimum atomic E-state index is -0.170. The molecule has 1 heterocycles. The Balaban J connectivity index is 1.76. The van der Waals surface area contributed by atoms with E-state index in [0.717, 1.165) is 10.9 Å². The Bertz CT molecular complexity index is 1790. The third kappa shape index (κ3) is 2.39. The van der Waals surface area contributed by atoms with E-state index in [1.807, 2.05) is 6.07 Å². The molecule has 0 spiro atoms. The van der Waals surface area contributed by atoms with E-state index in [-0.39, 0.29) is 12.1 Å². The standard InChI is InChI=1S/C32H22BN/c1-32(2)25-10-6-7-11-27(25)33(23-8-4-3-5-9-23)28-17-15-20-14-16-24-22(19-34)13-12-21-18-26(32)31(28)30(20)29(21)24/h3-18H,1-2H3. The first-order valence-electron chi connectivity index (χ1n) is 11.9. The highest BCUT2D eigenvalue weighted by atomic mass is 14.3. The van der Waals surface area contributed by atoms with Gasteiger partial charge in [-0.2, -0.15) is 5.26 Å². The van der Waals surface area contributed by atoms with E-state index < -0.39 is 0 Å². The maximum absolute atomic E-state index is 9.82. The normalized spacial score (nSPS) is 14.3.